The monoisotopic (exact) mass is 251 g/mol. The smallest absolute Gasteiger partial charge is 0.229 e. The molecule has 0 aliphatic rings. The van der Waals surface area contributed by atoms with Crippen molar-refractivity contribution in [3.63, 3.8) is 0 Å². The maximum Gasteiger partial charge on any atom is 0.229 e. The van der Waals surface area contributed by atoms with Crippen LogP contribution in [0.5, 0.6) is 0 Å². The first-order valence-corrected chi connectivity index (χ1v) is 6.92. The molecular formula is C11H13N3O2S. The quantitative estimate of drug-likeness (QED) is 0.898. The SMILES string of the molecule is Cn1ncc(NS(C)(=O)=O)c1-c1ccccc1. The van der Waals surface area contributed by atoms with E-state index in [0.29, 0.717) is 5.69 Å². The van der Waals surface area contributed by atoms with Gasteiger partial charge in [-0.05, 0) is 0 Å². The van der Waals surface area contributed by atoms with Crippen molar-refractivity contribution < 1.29 is 8.42 Å². The van der Waals surface area contributed by atoms with Crippen molar-refractivity contribution in [2.24, 2.45) is 7.05 Å². The Morgan fingerprint density at radius 3 is 2.47 bits per heavy atom. The van der Waals surface area contributed by atoms with Crippen molar-refractivity contribution in [3.8, 4) is 11.3 Å². The molecule has 90 valence electrons. The number of hydrogen-bond acceptors (Lipinski definition) is 3. The van der Waals surface area contributed by atoms with Gasteiger partial charge in [0.05, 0.1) is 23.8 Å². The highest BCUT2D eigenvalue weighted by Gasteiger charge is 2.13. The van der Waals surface area contributed by atoms with E-state index in [0.717, 1.165) is 17.5 Å². The van der Waals surface area contributed by atoms with E-state index in [4.69, 9.17) is 0 Å². The lowest BCUT2D eigenvalue weighted by molar-refractivity contribution is 0.607. The van der Waals surface area contributed by atoms with Crippen LogP contribution in [0.4, 0.5) is 5.69 Å². The minimum Gasteiger partial charge on any atom is -0.280 e. The van der Waals surface area contributed by atoms with Crippen LogP contribution >= 0.6 is 0 Å². The first-order valence-electron chi connectivity index (χ1n) is 5.02. The van der Waals surface area contributed by atoms with Gasteiger partial charge in [-0.15, -0.1) is 0 Å². The van der Waals surface area contributed by atoms with E-state index in [1.54, 1.807) is 11.7 Å². The van der Waals surface area contributed by atoms with E-state index in [9.17, 15) is 8.42 Å². The van der Waals surface area contributed by atoms with Gasteiger partial charge in [-0.3, -0.25) is 9.40 Å². The number of rotatable bonds is 3. The molecular weight excluding hydrogens is 238 g/mol. The number of aromatic nitrogens is 2. The molecule has 2 aromatic rings. The van der Waals surface area contributed by atoms with Gasteiger partial charge >= 0.3 is 0 Å². The van der Waals surface area contributed by atoms with Gasteiger partial charge in [-0.2, -0.15) is 5.10 Å². The van der Waals surface area contributed by atoms with Gasteiger partial charge in [0.2, 0.25) is 10.0 Å². The van der Waals surface area contributed by atoms with Gasteiger partial charge in [0.1, 0.15) is 0 Å². The first kappa shape index (κ1) is 11.7. The summed E-state index contributed by atoms with van der Waals surface area (Å²) in [7, 11) is -1.52. The number of anilines is 1. The molecule has 0 saturated carbocycles. The van der Waals surface area contributed by atoms with Crippen LogP contribution in [0.3, 0.4) is 0 Å². The van der Waals surface area contributed by atoms with Crippen LogP contribution in [0.15, 0.2) is 36.5 Å². The van der Waals surface area contributed by atoms with Gasteiger partial charge < -0.3 is 0 Å². The van der Waals surface area contributed by atoms with Crippen LogP contribution in [0.2, 0.25) is 0 Å². The molecule has 0 unspecified atom stereocenters. The van der Waals surface area contributed by atoms with Crippen molar-refractivity contribution in [3.05, 3.63) is 36.5 Å². The van der Waals surface area contributed by atoms with Crippen LogP contribution in [-0.4, -0.2) is 24.5 Å². The summed E-state index contributed by atoms with van der Waals surface area (Å²) in [6, 6.07) is 9.51. The Balaban J connectivity index is 2.51. The van der Waals surface area contributed by atoms with Crippen LogP contribution in [0.1, 0.15) is 0 Å². The Bertz CT molecular complexity index is 617. The van der Waals surface area contributed by atoms with E-state index >= 15 is 0 Å². The second-order valence-corrected chi connectivity index (χ2v) is 5.52. The summed E-state index contributed by atoms with van der Waals surface area (Å²) in [5, 5.41) is 4.07. The number of nitrogens with zero attached hydrogens (tertiary/aromatic N) is 2. The molecule has 0 fully saturated rings. The Kier molecular flexibility index (Phi) is 2.89. The van der Waals surface area contributed by atoms with Gasteiger partial charge in [0.15, 0.2) is 0 Å². The number of sulfonamides is 1. The predicted molar refractivity (Wildman–Crippen MR) is 67.1 cm³/mol. The van der Waals surface area contributed by atoms with Crippen molar-refractivity contribution >= 4 is 15.7 Å². The highest BCUT2D eigenvalue weighted by atomic mass is 32.2. The summed E-state index contributed by atoms with van der Waals surface area (Å²) in [5.74, 6) is 0. The molecule has 2 rings (SSSR count). The molecule has 0 bridgehead atoms. The predicted octanol–water partition coefficient (Wildman–Crippen LogP) is 1.46. The summed E-state index contributed by atoms with van der Waals surface area (Å²) >= 11 is 0. The maximum atomic E-state index is 11.2. The fraction of sp³-hybridized carbons (Fsp3) is 0.182. The average Bonchev–Trinajstić information content (AvgIpc) is 2.58. The topological polar surface area (TPSA) is 64.0 Å². The largest absolute Gasteiger partial charge is 0.280 e. The van der Waals surface area contributed by atoms with Crippen molar-refractivity contribution in [1.82, 2.24) is 9.78 Å². The Hall–Kier alpha value is -1.82. The second-order valence-electron chi connectivity index (χ2n) is 3.77. The van der Waals surface area contributed by atoms with E-state index in [1.807, 2.05) is 30.3 Å². The standard InChI is InChI=1S/C11H13N3O2S/c1-14-11(9-6-4-3-5-7-9)10(8-12-14)13-17(2,15)16/h3-8,13H,1-2H3. The molecule has 0 aliphatic heterocycles. The molecule has 0 saturated heterocycles. The van der Waals surface area contributed by atoms with Gasteiger partial charge in [0.25, 0.3) is 0 Å². The van der Waals surface area contributed by atoms with Crippen LogP contribution in [-0.2, 0) is 17.1 Å². The number of hydrogen-bond donors (Lipinski definition) is 1. The second kappa shape index (κ2) is 4.21. The normalized spacial score (nSPS) is 11.4. The summed E-state index contributed by atoms with van der Waals surface area (Å²) < 4.78 is 26.6. The molecule has 0 radical (unpaired) electrons. The average molecular weight is 251 g/mol. The van der Waals surface area contributed by atoms with E-state index in [2.05, 4.69) is 9.82 Å². The third kappa shape index (κ3) is 2.65. The van der Waals surface area contributed by atoms with Crippen LogP contribution in [0.25, 0.3) is 11.3 Å². The minimum atomic E-state index is -3.30. The minimum absolute atomic E-state index is 0.487. The molecule has 5 nitrogen and oxygen atoms in total. The number of benzene rings is 1. The fourth-order valence-electron chi connectivity index (χ4n) is 1.65. The Morgan fingerprint density at radius 2 is 1.88 bits per heavy atom. The zero-order chi connectivity index (χ0) is 12.5. The lowest BCUT2D eigenvalue weighted by Crippen LogP contribution is -2.10. The van der Waals surface area contributed by atoms with Gasteiger partial charge in [-0.1, -0.05) is 30.3 Å². The van der Waals surface area contributed by atoms with Crippen LogP contribution < -0.4 is 4.72 Å². The Morgan fingerprint density at radius 1 is 1.24 bits per heavy atom. The molecule has 1 aromatic heterocycles. The van der Waals surface area contributed by atoms with E-state index in [-0.39, 0.29) is 0 Å². The van der Waals surface area contributed by atoms with Gasteiger partial charge in [-0.25, -0.2) is 8.42 Å². The molecule has 0 spiro atoms. The lowest BCUT2D eigenvalue weighted by atomic mass is 10.1. The molecule has 0 aliphatic carbocycles. The van der Waals surface area contributed by atoms with Crippen molar-refractivity contribution in [1.29, 1.82) is 0 Å². The zero-order valence-corrected chi connectivity index (χ0v) is 10.4. The molecule has 1 heterocycles. The lowest BCUT2D eigenvalue weighted by Gasteiger charge is -2.07. The molecule has 1 aromatic carbocycles. The Labute approximate surface area is 100 Å². The fourth-order valence-corrected chi connectivity index (χ4v) is 2.20. The van der Waals surface area contributed by atoms with Gasteiger partial charge in [0, 0.05) is 12.6 Å². The zero-order valence-electron chi connectivity index (χ0n) is 9.58. The molecule has 1 N–H and O–H groups in total. The van der Waals surface area contributed by atoms with Crippen molar-refractivity contribution in [2.45, 2.75) is 0 Å². The summed E-state index contributed by atoms with van der Waals surface area (Å²) in [6.45, 7) is 0. The highest BCUT2D eigenvalue weighted by Crippen LogP contribution is 2.27. The van der Waals surface area contributed by atoms with E-state index < -0.39 is 10.0 Å². The summed E-state index contributed by atoms with van der Waals surface area (Å²) in [6.07, 6.45) is 2.62. The molecule has 6 heteroatoms. The van der Waals surface area contributed by atoms with Crippen LogP contribution in [0, 0.1) is 0 Å². The molecule has 0 amide bonds. The van der Waals surface area contributed by atoms with E-state index in [1.165, 1.54) is 6.20 Å². The third-order valence-corrected chi connectivity index (χ3v) is 2.87. The highest BCUT2D eigenvalue weighted by molar-refractivity contribution is 7.92. The first-order chi connectivity index (χ1) is 7.97. The number of aryl methyl sites for hydroxylation is 1. The third-order valence-electron chi connectivity index (χ3n) is 2.28. The molecule has 0 atom stereocenters. The summed E-state index contributed by atoms with van der Waals surface area (Å²) in [4.78, 5) is 0. The van der Waals surface area contributed by atoms with Crippen molar-refractivity contribution in [2.75, 3.05) is 11.0 Å². The maximum absolute atomic E-state index is 11.2. The molecule has 17 heavy (non-hydrogen) atoms. The number of nitrogens with one attached hydrogen (secondary N) is 1. The summed E-state index contributed by atoms with van der Waals surface area (Å²) in [5.41, 5.74) is 2.15.